The first-order valence-corrected chi connectivity index (χ1v) is 8.45. The highest BCUT2D eigenvalue weighted by atomic mass is 16.5. The third-order valence-electron chi connectivity index (χ3n) is 4.58. The highest BCUT2D eigenvalue weighted by Gasteiger charge is 2.31. The first-order valence-electron chi connectivity index (χ1n) is 8.45. The summed E-state index contributed by atoms with van der Waals surface area (Å²) in [4.78, 5) is 14.5. The van der Waals surface area contributed by atoms with E-state index in [1.165, 1.54) is 5.56 Å². The van der Waals surface area contributed by atoms with E-state index in [1.807, 2.05) is 43.3 Å². The summed E-state index contributed by atoms with van der Waals surface area (Å²) in [5.74, 6) is 1.44. The Morgan fingerprint density at radius 3 is 2.88 bits per heavy atom. The van der Waals surface area contributed by atoms with E-state index in [4.69, 9.17) is 9.15 Å². The van der Waals surface area contributed by atoms with Gasteiger partial charge in [0.05, 0.1) is 19.3 Å². The van der Waals surface area contributed by atoms with Crippen LogP contribution < -0.4 is 5.32 Å². The Kier molecular flexibility index (Phi) is 5.40. The molecule has 25 heavy (non-hydrogen) atoms. The van der Waals surface area contributed by atoms with E-state index in [1.54, 1.807) is 12.0 Å². The van der Waals surface area contributed by atoms with Crippen molar-refractivity contribution in [3.05, 3.63) is 59.0 Å². The normalized spacial score (nSPS) is 17.9. The molecule has 0 bridgehead atoms. The van der Waals surface area contributed by atoms with E-state index >= 15 is 0 Å². The standard InChI is InChI=1S/C19H24N2O4/c1-13-7-8-18(25-13)16(12-24-2)20-19(23)21-10-9-14-5-3-4-6-15(14)17(21)11-22/h3-8,16-17,22H,9-12H2,1-2H3,(H,20,23)/t16-,17-/m0/s1. The van der Waals surface area contributed by atoms with Crippen LogP contribution in [0.25, 0.3) is 0 Å². The maximum Gasteiger partial charge on any atom is 0.318 e. The van der Waals surface area contributed by atoms with Crippen LogP contribution in [-0.4, -0.2) is 42.9 Å². The van der Waals surface area contributed by atoms with E-state index in [-0.39, 0.29) is 24.7 Å². The van der Waals surface area contributed by atoms with Gasteiger partial charge in [-0.2, -0.15) is 0 Å². The molecule has 2 heterocycles. The molecule has 0 saturated heterocycles. The minimum absolute atomic E-state index is 0.112. The van der Waals surface area contributed by atoms with E-state index < -0.39 is 0 Å². The Labute approximate surface area is 147 Å². The lowest BCUT2D eigenvalue weighted by molar-refractivity contribution is 0.114. The summed E-state index contributed by atoms with van der Waals surface area (Å²) in [6, 6.07) is 10.7. The van der Waals surface area contributed by atoms with E-state index in [2.05, 4.69) is 5.32 Å². The lowest BCUT2D eigenvalue weighted by atomic mass is 9.93. The minimum Gasteiger partial charge on any atom is -0.464 e. The number of carbonyl (C=O) groups is 1. The maximum atomic E-state index is 12.8. The third-order valence-corrected chi connectivity index (χ3v) is 4.58. The number of carbonyl (C=O) groups excluding carboxylic acids is 1. The fraction of sp³-hybridized carbons (Fsp3) is 0.421. The number of aryl methyl sites for hydroxylation is 1. The molecule has 0 spiro atoms. The molecule has 3 rings (SSSR count). The maximum absolute atomic E-state index is 12.8. The van der Waals surface area contributed by atoms with Crippen molar-refractivity contribution < 1.29 is 19.1 Å². The van der Waals surface area contributed by atoms with Crippen LogP contribution in [0, 0.1) is 6.92 Å². The minimum atomic E-state index is -0.372. The number of nitrogens with zero attached hydrogens (tertiary/aromatic N) is 1. The van der Waals surface area contributed by atoms with Gasteiger partial charge in [-0.25, -0.2) is 4.79 Å². The van der Waals surface area contributed by atoms with Crippen molar-refractivity contribution in [2.24, 2.45) is 0 Å². The molecule has 6 nitrogen and oxygen atoms in total. The van der Waals surface area contributed by atoms with Gasteiger partial charge in [-0.05, 0) is 36.6 Å². The average molecular weight is 344 g/mol. The van der Waals surface area contributed by atoms with Crippen molar-refractivity contribution >= 4 is 6.03 Å². The number of amides is 2. The van der Waals surface area contributed by atoms with E-state index in [0.717, 1.165) is 17.7 Å². The number of hydrogen-bond donors (Lipinski definition) is 2. The number of fused-ring (bicyclic) bond motifs is 1. The van der Waals surface area contributed by atoms with Crippen molar-refractivity contribution in [1.29, 1.82) is 0 Å². The van der Waals surface area contributed by atoms with Crippen LogP contribution in [0.5, 0.6) is 0 Å². The van der Waals surface area contributed by atoms with Crippen LogP contribution in [0.2, 0.25) is 0 Å². The van der Waals surface area contributed by atoms with Gasteiger partial charge >= 0.3 is 6.03 Å². The molecule has 0 radical (unpaired) electrons. The van der Waals surface area contributed by atoms with Crippen molar-refractivity contribution in [3.63, 3.8) is 0 Å². The van der Waals surface area contributed by atoms with Crippen molar-refractivity contribution in [2.45, 2.75) is 25.4 Å². The van der Waals surface area contributed by atoms with Gasteiger partial charge in [0, 0.05) is 13.7 Å². The average Bonchev–Trinajstić information content (AvgIpc) is 3.06. The lowest BCUT2D eigenvalue weighted by Crippen LogP contribution is -2.48. The molecule has 0 aliphatic carbocycles. The number of aliphatic hydroxyl groups excluding tert-OH is 1. The number of nitrogens with one attached hydrogen (secondary N) is 1. The van der Waals surface area contributed by atoms with Crippen LogP contribution >= 0.6 is 0 Å². The summed E-state index contributed by atoms with van der Waals surface area (Å²) >= 11 is 0. The molecule has 0 fully saturated rings. The number of hydrogen-bond acceptors (Lipinski definition) is 4. The van der Waals surface area contributed by atoms with Gasteiger partial charge in [-0.15, -0.1) is 0 Å². The molecule has 134 valence electrons. The first kappa shape index (κ1) is 17.5. The molecule has 1 aromatic heterocycles. The lowest BCUT2D eigenvalue weighted by Gasteiger charge is -2.37. The summed E-state index contributed by atoms with van der Waals surface area (Å²) in [6.45, 7) is 2.62. The van der Waals surface area contributed by atoms with Crippen molar-refractivity contribution in [2.75, 3.05) is 26.9 Å². The van der Waals surface area contributed by atoms with Crippen LogP contribution in [-0.2, 0) is 11.2 Å². The Hall–Kier alpha value is -2.31. The predicted octanol–water partition coefficient (Wildman–Crippen LogP) is 2.58. The third kappa shape index (κ3) is 3.70. The SMILES string of the molecule is COC[C@H](NC(=O)N1CCc2ccccc2[C@@H]1CO)c1ccc(C)o1. The van der Waals surface area contributed by atoms with Crippen molar-refractivity contribution in [1.82, 2.24) is 10.2 Å². The van der Waals surface area contributed by atoms with Gasteiger partial charge in [-0.1, -0.05) is 24.3 Å². The van der Waals surface area contributed by atoms with Crippen LogP contribution in [0.4, 0.5) is 4.79 Å². The highest BCUT2D eigenvalue weighted by Crippen LogP contribution is 2.29. The van der Waals surface area contributed by atoms with E-state index in [9.17, 15) is 9.90 Å². The molecular weight excluding hydrogens is 320 g/mol. The number of ether oxygens (including phenoxy) is 1. The van der Waals surface area contributed by atoms with Crippen molar-refractivity contribution in [3.8, 4) is 0 Å². The second kappa shape index (κ2) is 7.72. The molecule has 0 saturated carbocycles. The Morgan fingerprint density at radius 2 is 2.20 bits per heavy atom. The van der Waals surface area contributed by atoms with Gasteiger partial charge in [0.1, 0.15) is 17.6 Å². The van der Waals surface area contributed by atoms with Gasteiger partial charge in [-0.3, -0.25) is 0 Å². The molecule has 2 N–H and O–H groups in total. The number of aliphatic hydroxyl groups is 1. The zero-order valence-corrected chi connectivity index (χ0v) is 14.6. The first-order chi connectivity index (χ1) is 12.1. The summed E-state index contributed by atoms with van der Waals surface area (Å²) in [7, 11) is 1.59. The molecule has 1 aliphatic heterocycles. The molecule has 1 aromatic carbocycles. The molecule has 6 heteroatoms. The molecule has 2 atom stereocenters. The summed E-state index contributed by atoms with van der Waals surface area (Å²) in [6.07, 6.45) is 0.773. The Bertz CT molecular complexity index is 728. The zero-order valence-electron chi connectivity index (χ0n) is 14.6. The van der Waals surface area contributed by atoms with Gasteiger partial charge < -0.3 is 24.5 Å². The quantitative estimate of drug-likeness (QED) is 0.874. The van der Waals surface area contributed by atoms with Crippen LogP contribution in [0.3, 0.4) is 0 Å². The number of furan rings is 1. The fourth-order valence-corrected chi connectivity index (χ4v) is 3.33. The summed E-state index contributed by atoms with van der Waals surface area (Å²) in [5, 5.41) is 12.8. The van der Waals surface area contributed by atoms with Crippen LogP contribution in [0.1, 0.15) is 34.7 Å². The van der Waals surface area contributed by atoms with Crippen LogP contribution in [0.15, 0.2) is 40.8 Å². The Balaban J connectivity index is 1.77. The molecular formula is C19H24N2O4. The largest absolute Gasteiger partial charge is 0.464 e. The van der Waals surface area contributed by atoms with Gasteiger partial charge in [0.25, 0.3) is 0 Å². The second-order valence-electron chi connectivity index (χ2n) is 6.25. The zero-order chi connectivity index (χ0) is 17.8. The summed E-state index contributed by atoms with van der Waals surface area (Å²) < 4.78 is 10.9. The Morgan fingerprint density at radius 1 is 1.40 bits per heavy atom. The predicted molar refractivity (Wildman–Crippen MR) is 93.3 cm³/mol. The van der Waals surface area contributed by atoms with Gasteiger partial charge in [0.15, 0.2) is 0 Å². The number of urea groups is 1. The number of benzene rings is 1. The molecule has 2 amide bonds. The highest BCUT2D eigenvalue weighted by molar-refractivity contribution is 5.75. The fourth-order valence-electron chi connectivity index (χ4n) is 3.33. The molecule has 1 aliphatic rings. The monoisotopic (exact) mass is 344 g/mol. The van der Waals surface area contributed by atoms with E-state index in [0.29, 0.717) is 18.9 Å². The topological polar surface area (TPSA) is 74.9 Å². The number of methoxy groups -OCH3 is 1. The number of rotatable bonds is 5. The van der Waals surface area contributed by atoms with Gasteiger partial charge in [0.2, 0.25) is 0 Å². The second-order valence-corrected chi connectivity index (χ2v) is 6.25. The smallest absolute Gasteiger partial charge is 0.318 e. The molecule has 2 aromatic rings. The summed E-state index contributed by atoms with van der Waals surface area (Å²) in [5.41, 5.74) is 2.18. The molecule has 0 unspecified atom stereocenters.